The fourth-order valence-corrected chi connectivity index (χ4v) is 3.09. The SMILES string of the molecule is CCOC(=O)c1cc(Cl)c(NC(=O)/C=C/c2ccc(OC)c(Br)c2)cc1OC. The Balaban J connectivity index is 2.17. The topological polar surface area (TPSA) is 73.9 Å². The lowest BCUT2D eigenvalue weighted by Crippen LogP contribution is -2.11. The third-order valence-corrected chi connectivity index (χ3v) is 4.58. The van der Waals surface area contributed by atoms with Crippen molar-refractivity contribution >= 4 is 51.2 Å². The molecule has 1 amide bonds. The van der Waals surface area contributed by atoms with Crippen molar-refractivity contribution in [2.24, 2.45) is 0 Å². The number of methoxy groups -OCH3 is 2. The van der Waals surface area contributed by atoms with E-state index in [9.17, 15) is 9.59 Å². The number of ether oxygens (including phenoxy) is 3. The summed E-state index contributed by atoms with van der Waals surface area (Å²) >= 11 is 9.59. The summed E-state index contributed by atoms with van der Waals surface area (Å²) in [6, 6.07) is 8.31. The first-order chi connectivity index (χ1) is 13.4. The smallest absolute Gasteiger partial charge is 0.341 e. The molecular formula is C20H19BrClNO5. The molecule has 2 aromatic carbocycles. The Morgan fingerprint density at radius 3 is 2.46 bits per heavy atom. The van der Waals surface area contributed by atoms with Crippen LogP contribution in [-0.2, 0) is 9.53 Å². The molecule has 8 heteroatoms. The molecular weight excluding hydrogens is 450 g/mol. The van der Waals surface area contributed by atoms with E-state index in [-0.39, 0.29) is 28.8 Å². The highest BCUT2D eigenvalue weighted by atomic mass is 79.9. The summed E-state index contributed by atoms with van der Waals surface area (Å²) in [6.45, 7) is 1.93. The second-order valence-electron chi connectivity index (χ2n) is 5.47. The van der Waals surface area contributed by atoms with Gasteiger partial charge in [0.05, 0.1) is 36.0 Å². The molecule has 0 saturated carbocycles. The molecule has 0 bridgehead atoms. The van der Waals surface area contributed by atoms with Crippen LogP contribution in [0.2, 0.25) is 5.02 Å². The molecule has 0 heterocycles. The zero-order valence-corrected chi connectivity index (χ0v) is 17.9. The number of amides is 1. The van der Waals surface area contributed by atoms with E-state index in [4.69, 9.17) is 25.8 Å². The van der Waals surface area contributed by atoms with Gasteiger partial charge in [-0.15, -0.1) is 0 Å². The number of hydrogen-bond donors (Lipinski definition) is 1. The molecule has 0 radical (unpaired) electrons. The first kappa shape index (κ1) is 21.8. The predicted octanol–water partition coefficient (Wildman–Crippen LogP) is 4.95. The Morgan fingerprint density at radius 2 is 1.86 bits per heavy atom. The van der Waals surface area contributed by atoms with Crippen molar-refractivity contribution in [3.8, 4) is 11.5 Å². The molecule has 148 valence electrons. The molecule has 0 aliphatic rings. The Kier molecular flexibility index (Phi) is 7.90. The predicted molar refractivity (Wildman–Crippen MR) is 112 cm³/mol. The average Bonchev–Trinajstić information content (AvgIpc) is 2.67. The van der Waals surface area contributed by atoms with Gasteiger partial charge in [0, 0.05) is 12.1 Å². The van der Waals surface area contributed by atoms with Gasteiger partial charge in [-0.05, 0) is 52.7 Å². The van der Waals surface area contributed by atoms with Crippen molar-refractivity contribution in [3.63, 3.8) is 0 Å². The van der Waals surface area contributed by atoms with Gasteiger partial charge in [-0.25, -0.2) is 4.79 Å². The Labute approximate surface area is 176 Å². The van der Waals surface area contributed by atoms with Crippen LogP contribution in [0, 0.1) is 0 Å². The van der Waals surface area contributed by atoms with Crippen molar-refractivity contribution in [1.82, 2.24) is 0 Å². The monoisotopic (exact) mass is 467 g/mol. The molecule has 0 atom stereocenters. The fraction of sp³-hybridized carbons (Fsp3) is 0.200. The van der Waals surface area contributed by atoms with Gasteiger partial charge in [0.15, 0.2) is 0 Å². The van der Waals surface area contributed by atoms with Crippen molar-refractivity contribution in [2.75, 3.05) is 26.1 Å². The number of carbonyl (C=O) groups excluding carboxylic acids is 2. The molecule has 0 aromatic heterocycles. The zero-order chi connectivity index (χ0) is 20.7. The summed E-state index contributed by atoms with van der Waals surface area (Å²) in [5.41, 5.74) is 1.31. The van der Waals surface area contributed by atoms with E-state index >= 15 is 0 Å². The van der Waals surface area contributed by atoms with Crippen LogP contribution in [-0.4, -0.2) is 32.7 Å². The molecule has 0 saturated heterocycles. The molecule has 0 spiro atoms. The maximum atomic E-state index is 12.2. The normalized spacial score (nSPS) is 10.6. The maximum absolute atomic E-state index is 12.2. The van der Waals surface area contributed by atoms with Gasteiger partial charge in [0.2, 0.25) is 5.91 Å². The number of nitrogens with one attached hydrogen (secondary N) is 1. The molecule has 0 unspecified atom stereocenters. The Hall–Kier alpha value is -2.51. The van der Waals surface area contributed by atoms with Gasteiger partial charge >= 0.3 is 5.97 Å². The quantitative estimate of drug-likeness (QED) is 0.460. The summed E-state index contributed by atoms with van der Waals surface area (Å²) in [7, 11) is 2.99. The Morgan fingerprint density at radius 1 is 1.14 bits per heavy atom. The Bertz CT molecular complexity index is 914. The van der Waals surface area contributed by atoms with Crippen LogP contribution in [0.25, 0.3) is 6.08 Å². The third kappa shape index (κ3) is 5.50. The van der Waals surface area contributed by atoms with Crippen molar-refractivity contribution in [1.29, 1.82) is 0 Å². The van der Waals surface area contributed by atoms with E-state index in [0.717, 1.165) is 10.0 Å². The van der Waals surface area contributed by atoms with E-state index in [1.165, 1.54) is 25.3 Å². The molecule has 2 aromatic rings. The molecule has 1 N–H and O–H groups in total. The number of anilines is 1. The minimum Gasteiger partial charge on any atom is -0.496 e. The minimum atomic E-state index is -0.552. The van der Waals surface area contributed by atoms with Crippen molar-refractivity contribution < 1.29 is 23.8 Å². The highest BCUT2D eigenvalue weighted by Crippen LogP contribution is 2.31. The van der Waals surface area contributed by atoms with Gasteiger partial charge in [-0.2, -0.15) is 0 Å². The lowest BCUT2D eigenvalue weighted by atomic mass is 10.1. The first-order valence-electron chi connectivity index (χ1n) is 8.26. The molecule has 6 nitrogen and oxygen atoms in total. The lowest BCUT2D eigenvalue weighted by molar-refractivity contribution is -0.111. The summed E-state index contributed by atoms with van der Waals surface area (Å²) in [5, 5.41) is 2.86. The zero-order valence-electron chi connectivity index (χ0n) is 15.5. The molecule has 0 fully saturated rings. The van der Waals surface area contributed by atoms with E-state index < -0.39 is 5.97 Å². The molecule has 0 aliphatic carbocycles. The van der Waals surface area contributed by atoms with Crippen LogP contribution in [0.5, 0.6) is 11.5 Å². The van der Waals surface area contributed by atoms with Gasteiger partial charge in [-0.3, -0.25) is 4.79 Å². The second-order valence-corrected chi connectivity index (χ2v) is 6.73. The fourth-order valence-electron chi connectivity index (χ4n) is 2.32. The second kappa shape index (κ2) is 10.1. The van der Waals surface area contributed by atoms with E-state index in [1.807, 2.05) is 12.1 Å². The van der Waals surface area contributed by atoms with Crippen LogP contribution in [0.15, 0.2) is 40.9 Å². The van der Waals surface area contributed by atoms with Crippen LogP contribution in [0.4, 0.5) is 5.69 Å². The van der Waals surface area contributed by atoms with Crippen molar-refractivity contribution in [3.05, 3.63) is 57.0 Å². The summed E-state index contributed by atoms with van der Waals surface area (Å²) < 4.78 is 16.1. The highest BCUT2D eigenvalue weighted by molar-refractivity contribution is 9.10. The number of carbonyl (C=O) groups is 2. The largest absolute Gasteiger partial charge is 0.496 e. The van der Waals surface area contributed by atoms with Crippen LogP contribution in [0.1, 0.15) is 22.8 Å². The van der Waals surface area contributed by atoms with E-state index in [1.54, 1.807) is 26.2 Å². The number of benzene rings is 2. The first-order valence-corrected chi connectivity index (χ1v) is 9.44. The standard InChI is InChI=1S/C20H19BrClNO5/c1-4-28-20(25)13-10-15(22)16(11-18(13)27-3)23-19(24)8-6-12-5-7-17(26-2)14(21)9-12/h5-11H,4H2,1-3H3,(H,23,24)/b8-6+. The van der Waals surface area contributed by atoms with Gasteiger partial charge < -0.3 is 19.5 Å². The van der Waals surface area contributed by atoms with Crippen molar-refractivity contribution in [2.45, 2.75) is 6.92 Å². The van der Waals surface area contributed by atoms with Gasteiger partial charge in [0.1, 0.15) is 17.1 Å². The van der Waals surface area contributed by atoms with Gasteiger partial charge in [-0.1, -0.05) is 17.7 Å². The lowest BCUT2D eigenvalue weighted by Gasteiger charge is -2.12. The molecule has 28 heavy (non-hydrogen) atoms. The van der Waals surface area contributed by atoms with E-state index in [2.05, 4.69) is 21.2 Å². The van der Waals surface area contributed by atoms with Crippen LogP contribution >= 0.6 is 27.5 Å². The number of rotatable bonds is 7. The highest BCUT2D eigenvalue weighted by Gasteiger charge is 2.17. The number of esters is 1. The van der Waals surface area contributed by atoms with Crippen LogP contribution < -0.4 is 14.8 Å². The average molecular weight is 469 g/mol. The van der Waals surface area contributed by atoms with Gasteiger partial charge in [0.25, 0.3) is 0 Å². The summed E-state index contributed by atoms with van der Waals surface area (Å²) in [6.07, 6.45) is 3.02. The van der Waals surface area contributed by atoms with E-state index in [0.29, 0.717) is 11.4 Å². The van der Waals surface area contributed by atoms with Crippen LogP contribution in [0.3, 0.4) is 0 Å². The number of hydrogen-bond acceptors (Lipinski definition) is 5. The molecule has 2 rings (SSSR count). The summed E-state index contributed by atoms with van der Waals surface area (Å²) in [4.78, 5) is 24.2. The summed E-state index contributed by atoms with van der Waals surface area (Å²) in [5.74, 6) is 0.00673. The molecule has 0 aliphatic heterocycles. The third-order valence-electron chi connectivity index (χ3n) is 3.65. The maximum Gasteiger partial charge on any atom is 0.341 e. The number of halogens is 2. The minimum absolute atomic E-state index is 0.186.